The lowest BCUT2D eigenvalue weighted by Gasteiger charge is -2.35. The van der Waals surface area contributed by atoms with Gasteiger partial charge in [-0.2, -0.15) is 0 Å². The van der Waals surface area contributed by atoms with Crippen molar-refractivity contribution in [2.45, 2.75) is 31.3 Å². The average Bonchev–Trinajstić information content (AvgIpc) is 2.92. The number of benzene rings is 1. The van der Waals surface area contributed by atoms with Gasteiger partial charge in [-0.15, -0.1) is 0 Å². The first kappa shape index (κ1) is 13.1. The van der Waals surface area contributed by atoms with Crippen LogP contribution >= 0.6 is 0 Å². The van der Waals surface area contributed by atoms with E-state index in [9.17, 15) is 9.59 Å². The fourth-order valence-corrected chi connectivity index (χ4v) is 2.97. The van der Waals surface area contributed by atoms with E-state index >= 15 is 0 Å². The molecule has 1 aromatic rings. The van der Waals surface area contributed by atoms with Gasteiger partial charge in [0.25, 0.3) is 0 Å². The Morgan fingerprint density at radius 2 is 2.15 bits per heavy atom. The predicted molar refractivity (Wildman–Crippen MR) is 74.2 cm³/mol. The molecule has 106 valence electrons. The van der Waals surface area contributed by atoms with Crippen LogP contribution in [0.25, 0.3) is 0 Å². The lowest BCUT2D eigenvalue weighted by Crippen LogP contribution is -2.52. The Kier molecular flexibility index (Phi) is 3.69. The number of morpholine rings is 1. The number of carbonyl (C=O) groups is 2. The SMILES string of the molecule is O=C(C[C@@H]1C(=O)OC[C@H]2CCCN21)Nc1ccccc1. The summed E-state index contributed by atoms with van der Waals surface area (Å²) in [4.78, 5) is 26.1. The highest BCUT2D eigenvalue weighted by Gasteiger charge is 2.41. The van der Waals surface area contributed by atoms with Crippen molar-refractivity contribution in [3.05, 3.63) is 30.3 Å². The lowest BCUT2D eigenvalue weighted by molar-refractivity contribution is -0.161. The van der Waals surface area contributed by atoms with Crippen molar-refractivity contribution >= 4 is 17.6 Å². The van der Waals surface area contributed by atoms with Crippen LogP contribution in [0, 0.1) is 0 Å². The van der Waals surface area contributed by atoms with Gasteiger partial charge < -0.3 is 10.1 Å². The molecule has 20 heavy (non-hydrogen) atoms. The first-order chi connectivity index (χ1) is 9.74. The second kappa shape index (κ2) is 5.63. The minimum atomic E-state index is -0.431. The number of para-hydroxylation sites is 1. The van der Waals surface area contributed by atoms with E-state index in [2.05, 4.69) is 10.2 Å². The maximum atomic E-state index is 12.1. The Morgan fingerprint density at radius 1 is 1.35 bits per heavy atom. The second-order valence-electron chi connectivity index (χ2n) is 5.30. The molecule has 2 aliphatic heterocycles. The van der Waals surface area contributed by atoms with E-state index in [-0.39, 0.29) is 18.3 Å². The zero-order valence-electron chi connectivity index (χ0n) is 11.2. The van der Waals surface area contributed by atoms with Crippen LogP contribution in [0.4, 0.5) is 5.69 Å². The predicted octanol–water partition coefficient (Wildman–Crippen LogP) is 1.40. The van der Waals surface area contributed by atoms with Gasteiger partial charge in [0.2, 0.25) is 5.91 Å². The number of amides is 1. The zero-order chi connectivity index (χ0) is 13.9. The normalized spacial score (nSPS) is 25.9. The number of nitrogens with zero attached hydrogens (tertiary/aromatic N) is 1. The zero-order valence-corrected chi connectivity index (χ0v) is 11.2. The third-order valence-electron chi connectivity index (χ3n) is 3.95. The number of rotatable bonds is 3. The van der Waals surface area contributed by atoms with Gasteiger partial charge in [0.15, 0.2) is 0 Å². The average molecular weight is 274 g/mol. The van der Waals surface area contributed by atoms with Crippen LogP contribution in [0.5, 0.6) is 0 Å². The van der Waals surface area contributed by atoms with Gasteiger partial charge in [-0.05, 0) is 31.5 Å². The summed E-state index contributed by atoms with van der Waals surface area (Å²) in [6.45, 7) is 1.35. The van der Waals surface area contributed by atoms with E-state index in [4.69, 9.17) is 4.74 Å². The lowest BCUT2D eigenvalue weighted by atomic mass is 10.1. The van der Waals surface area contributed by atoms with Crippen molar-refractivity contribution in [1.82, 2.24) is 4.90 Å². The highest BCUT2D eigenvalue weighted by molar-refractivity contribution is 5.94. The molecule has 2 aliphatic rings. The molecule has 2 heterocycles. The van der Waals surface area contributed by atoms with Crippen molar-refractivity contribution in [2.24, 2.45) is 0 Å². The van der Waals surface area contributed by atoms with Crippen LogP contribution in [-0.2, 0) is 14.3 Å². The molecule has 2 fully saturated rings. The van der Waals surface area contributed by atoms with Crippen LogP contribution < -0.4 is 5.32 Å². The Balaban J connectivity index is 1.63. The summed E-state index contributed by atoms with van der Waals surface area (Å²) < 4.78 is 5.19. The number of anilines is 1. The minimum absolute atomic E-state index is 0.147. The van der Waals surface area contributed by atoms with Crippen molar-refractivity contribution in [1.29, 1.82) is 0 Å². The molecule has 0 bridgehead atoms. The third kappa shape index (κ3) is 2.67. The number of fused-ring (bicyclic) bond motifs is 1. The number of ether oxygens (including phenoxy) is 1. The molecular formula is C15H18N2O3. The maximum Gasteiger partial charge on any atom is 0.323 e. The van der Waals surface area contributed by atoms with Crippen molar-refractivity contribution in [3.8, 4) is 0 Å². The Labute approximate surface area is 117 Å². The van der Waals surface area contributed by atoms with E-state index in [0.29, 0.717) is 12.6 Å². The monoisotopic (exact) mass is 274 g/mol. The minimum Gasteiger partial charge on any atom is -0.463 e. The molecule has 2 saturated heterocycles. The molecule has 2 atom stereocenters. The Morgan fingerprint density at radius 3 is 2.95 bits per heavy atom. The summed E-state index contributed by atoms with van der Waals surface area (Å²) in [6.07, 6.45) is 2.27. The fourth-order valence-electron chi connectivity index (χ4n) is 2.97. The van der Waals surface area contributed by atoms with Crippen LogP contribution in [0.1, 0.15) is 19.3 Å². The van der Waals surface area contributed by atoms with Gasteiger partial charge in [0.1, 0.15) is 12.6 Å². The van der Waals surface area contributed by atoms with Gasteiger partial charge in [-0.1, -0.05) is 18.2 Å². The summed E-state index contributed by atoms with van der Waals surface area (Å²) in [5.41, 5.74) is 0.750. The molecule has 1 N–H and O–H groups in total. The molecule has 1 aromatic carbocycles. The van der Waals surface area contributed by atoms with Crippen LogP contribution in [0.2, 0.25) is 0 Å². The molecule has 5 heteroatoms. The summed E-state index contributed by atoms with van der Waals surface area (Å²) in [5, 5.41) is 2.82. The molecule has 0 radical (unpaired) electrons. The Bertz CT molecular complexity index is 503. The first-order valence-electron chi connectivity index (χ1n) is 7.01. The van der Waals surface area contributed by atoms with E-state index in [1.807, 2.05) is 30.3 Å². The summed E-state index contributed by atoms with van der Waals surface area (Å²) in [5.74, 6) is -0.419. The molecule has 5 nitrogen and oxygen atoms in total. The quantitative estimate of drug-likeness (QED) is 0.847. The fraction of sp³-hybridized carbons (Fsp3) is 0.467. The maximum absolute atomic E-state index is 12.1. The molecule has 1 amide bonds. The highest BCUT2D eigenvalue weighted by Crippen LogP contribution is 2.26. The van der Waals surface area contributed by atoms with Gasteiger partial charge in [0, 0.05) is 11.7 Å². The molecule has 0 saturated carbocycles. The summed E-state index contributed by atoms with van der Waals surface area (Å²) >= 11 is 0. The first-order valence-corrected chi connectivity index (χ1v) is 7.01. The van der Waals surface area contributed by atoms with Gasteiger partial charge >= 0.3 is 5.97 Å². The largest absolute Gasteiger partial charge is 0.463 e. The smallest absolute Gasteiger partial charge is 0.323 e. The molecule has 0 unspecified atom stereocenters. The second-order valence-corrected chi connectivity index (χ2v) is 5.30. The number of nitrogens with one attached hydrogen (secondary N) is 1. The number of carbonyl (C=O) groups excluding carboxylic acids is 2. The summed E-state index contributed by atoms with van der Waals surface area (Å²) in [6, 6.07) is 9.14. The molecule has 0 aliphatic carbocycles. The van der Waals surface area contributed by atoms with Crippen LogP contribution in [0.15, 0.2) is 30.3 Å². The molecule has 3 rings (SSSR count). The molecule has 0 aromatic heterocycles. The summed E-state index contributed by atoms with van der Waals surface area (Å²) in [7, 11) is 0. The number of cyclic esters (lactones) is 1. The third-order valence-corrected chi connectivity index (χ3v) is 3.95. The van der Waals surface area contributed by atoms with Crippen molar-refractivity contribution in [3.63, 3.8) is 0 Å². The Hall–Kier alpha value is -1.88. The van der Waals surface area contributed by atoms with E-state index in [1.165, 1.54) is 0 Å². The standard InChI is InChI=1S/C15H18N2O3/c18-14(16-11-5-2-1-3-6-11)9-13-15(19)20-10-12-7-4-8-17(12)13/h1-3,5-6,12-13H,4,7-10H2,(H,16,18)/t12-,13-/m1/s1. The number of hydrogen-bond donors (Lipinski definition) is 1. The van der Waals surface area contributed by atoms with Crippen molar-refractivity contribution in [2.75, 3.05) is 18.5 Å². The van der Waals surface area contributed by atoms with Crippen LogP contribution in [0.3, 0.4) is 0 Å². The van der Waals surface area contributed by atoms with Gasteiger partial charge in [0.05, 0.1) is 6.42 Å². The molecule has 0 spiro atoms. The van der Waals surface area contributed by atoms with E-state index < -0.39 is 6.04 Å². The van der Waals surface area contributed by atoms with Gasteiger partial charge in [-0.25, -0.2) is 0 Å². The molecular weight excluding hydrogens is 256 g/mol. The topological polar surface area (TPSA) is 58.6 Å². The van der Waals surface area contributed by atoms with E-state index in [1.54, 1.807) is 0 Å². The highest BCUT2D eigenvalue weighted by atomic mass is 16.5. The van der Waals surface area contributed by atoms with E-state index in [0.717, 1.165) is 25.1 Å². The number of hydrogen-bond acceptors (Lipinski definition) is 4. The number of esters is 1. The van der Waals surface area contributed by atoms with Gasteiger partial charge in [-0.3, -0.25) is 14.5 Å². The van der Waals surface area contributed by atoms with Crippen molar-refractivity contribution < 1.29 is 14.3 Å². The van der Waals surface area contributed by atoms with Crippen LogP contribution in [-0.4, -0.2) is 42.0 Å².